The van der Waals surface area contributed by atoms with Crippen molar-refractivity contribution in [3.05, 3.63) is 28.0 Å². The first-order valence-electron chi connectivity index (χ1n) is 6.25. The van der Waals surface area contributed by atoms with Crippen LogP contribution < -0.4 is 10.0 Å². The second-order valence-electron chi connectivity index (χ2n) is 5.19. The molecule has 128 valence electrons. The Labute approximate surface area is 137 Å². The van der Waals surface area contributed by atoms with Crippen molar-refractivity contribution in [1.82, 2.24) is 0 Å². The highest BCUT2D eigenvalue weighted by atomic mass is 79.9. The monoisotopic (exact) mass is 418 g/mol. The van der Waals surface area contributed by atoms with Crippen LogP contribution in [0.2, 0.25) is 0 Å². The van der Waals surface area contributed by atoms with Crippen LogP contribution in [0.15, 0.2) is 16.6 Å². The fourth-order valence-corrected chi connectivity index (χ4v) is 3.84. The van der Waals surface area contributed by atoms with Crippen LogP contribution in [0.3, 0.4) is 0 Å². The smallest absolute Gasteiger partial charge is 0.309 e. The van der Waals surface area contributed by atoms with Crippen LogP contribution in [-0.2, 0) is 21.0 Å². The quantitative estimate of drug-likeness (QED) is 0.764. The van der Waals surface area contributed by atoms with E-state index in [1.807, 2.05) is 0 Å². The molecular weight excluding hydrogens is 408 g/mol. The number of alkyl halides is 3. The number of amides is 1. The standard InChI is InChI=1S/C12H11BrF4N2O3S/c13-8-3-9(14)10(2-7(8)12(15,16)17)19-4-6(1-11(19)20)5-23(18,21)22/h2-3,6H,1,4-5H2,(H2,18,21,22). The molecule has 23 heavy (non-hydrogen) atoms. The zero-order valence-electron chi connectivity index (χ0n) is 11.4. The second-order valence-corrected chi connectivity index (χ2v) is 7.70. The van der Waals surface area contributed by atoms with Gasteiger partial charge < -0.3 is 4.90 Å². The largest absolute Gasteiger partial charge is 0.417 e. The van der Waals surface area contributed by atoms with Crippen molar-refractivity contribution in [3.8, 4) is 0 Å². The SMILES string of the molecule is NS(=O)(=O)CC1CC(=O)N(c2cc(C(F)(F)F)c(Br)cc2F)C1. The molecule has 1 atom stereocenters. The van der Waals surface area contributed by atoms with Crippen molar-refractivity contribution in [3.63, 3.8) is 0 Å². The van der Waals surface area contributed by atoms with Gasteiger partial charge in [0.1, 0.15) is 5.82 Å². The highest BCUT2D eigenvalue weighted by Gasteiger charge is 2.38. The molecule has 1 saturated heterocycles. The van der Waals surface area contributed by atoms with Crippen molar-refractivity contribution in [1.29, 1.82) is 0 Å². The molecule has 1 heterocycles. The summed E-state index contributed by atoms with van der Waals surface area (Å²) in [5.74, 6) is -2.88. The number of rotatable bonds is 3. The maximum Gasteiger partial charge on any atom is 0.417 e. The van der Waals surface area contributed by atoms with Crippen LogP contribution in [-0.4, -0.2) is 26.6 Å². The summed E-state index contributed by atoms with van der Waals surface area (Å²) in [5, 5.41) is 4.89. The van der Waals surface area contributed by atoms with Gasteiger partial charge in [-0.1, -0.05) is 15.9 Å². The first kappa shape index (κ1) is 18.1. The summed E-state index contributed by atoms with van der Waals surface area (Å²) in [5.41, 5.74) is -1.67. The molecule has 1 aliphatic rings. The first-order valence-corrected chi connectivity index (χ1v) is 8.76. The van der Waals surface area contributed by atoms with Crippen LogP contribution in [0.5, 0.6) is 0 Å². The molecule has 0 radical (unpaired) electrons. The van der Waals surface area contributed by atoms with Crippen LogP contribution in [0.1, 0.15) is 12.0 Å². The Morgan fingerprint density at radius 2 is 1.96 bits per heavy atom. The molecule has 0 bridgehead atoms. The van der Waals surface area contributed by atoms with Gasteiger partial charge in [0.2, 0.25) is 15.9 Å². The lowest BCUT2D eigenvalue weighted by atomic mass is 10.1. The van der Waals surface area contributed by atoms with Crippen LogP contribution >= 0.6 is 15.9 Å². The maximum atomic E-state index is 14.0. The van der Waals surface area contributed by atoms with Crippen molar-refractivity contribution in [2.24, 2.45) is 11.1 Å². The maximum absolute atomic E-state index is 14.0. The number of hydrogen-bond acceptors (Lipinski definition) is 3. The van der Waals surface area contributed by atoms with Gasteiger partial charge in [-0.3, -0.25) is 4.79 Å². The zero-order valence-corrected chi connectivity index (χ0v) is 13.8. The minimum atomic E-state index is -4.73. The van der Waals surface area contributed by atoms with Crippen molar-refractivity contribution in [2.45, 2.75) is 12.6 Å². The number of carbonyl (C=O) groups is 1. The second kappa shape index (κ2) is 6.02. The number of primary sulfonamides is 1. The van der Waals surface area contributed by atoms with Crippen molar-refractivity contribution >= 4 is 37.5 Å². The van der Waals surface area contributed by atoms with E-state index in [1.54, 1.807) is 0 Å². The van der Waals surface area contributed by atoms with Gasteiger partial charge in [0.05, 0.1) is 17.0 Å². The van der Waals surface area contributed by atoms with E-state index < -0.39 is 55.3 Å². The zero-order chi connectivity index (χ0) is 17.6. The molecule has 1 unspecified atom stereocenters. The lowest BCUT2D eigenvalue weighted by Gasteiger charge is -2.20. The van der Waals surface area contributed by atoms with Gasteiger partial charge in [-0.2, -0.15) is 13.2 Å². The topological polar surface area (TPSA) is 80.5 Å². The van der Waals surface area contributed by atoms with Gasteiger partial charge in [-0.15, -0.1) is 0 Å². The van der Waals surface area contributed by atoms with Crippen molar-refractivity contribution in [2.75, 3.05) is 17.2 Å². The molecule has 0 aromatic heterocycles. The van der Waals surface area contributed by atoms with Gasteiger partial charge in [0.15, 0.2) is 0 Å². The van der Waals surface area contributed by atoms with Crippen LogP contribution in [0.4, 0.5) is 23.2 Å². The van der Waals surface area contributed by atoms with E-state index in [1.165, 1.54) is 0 Å². The normalized spacial score (nSPS) is 19.5. The number of anilines is 1. The Morgan fingerprint density at radius 3 is 2.48 bits per heavy atom. The van der Waals surface area contributed by atoms with E-state index >= 15 is 0 Å². The van der Waals surface area contributed by atoms with Gasteiger partial charge in [0.25, 0.3) is 0 Å². The lowest BCUT2D eigenvalue weighted by Crippen LogP contribution is -2.28. The number of carbonyl (C=O) groups excluding carboxylic acids is 1. The summed E-state index contributed by atoms with van der Waals surface area (Å²) in [6.45, 7) is -0.217. The molecule has 1 aromatic rings. The van der Waals surface area contributed by atoms with E-state index in [-0.39, 0.29) is 13.0 Å². The fourth-order valence-electron chi connectivity index (χ4n) is 2.42. The van der Waals surface area contributed by atoms with E-state index in [9.17, 15) is 30.8 Å². The molecule has 1 aliphatic heterocycles. The number of nitrogens with two attached hydrogens (primary N) is 1. The minimum Gasteiger partial charge on any atom is -0.309 e. The number of nitrogens with zero attached hydrogens (tertiary/aromatic N) is 1. The Kier molecular flexibility index (Phi) is 4.75. The summed E-state index contributed by atoms with van der Waals surface area (Å²) >= 11 is 2.63. The number of hydrogen-bond donors (Lipinski definition) is 1. The molecular formula is C12H11BrF4N2O3S. The molecule has 1 fully saturated rings. The van der Waals surface area contributed by atoms with Crippen LogP contribution in [0.25, 0.3) is 0 Å². The molecule has 2 rings (SSSR count). The highest BCUT2D eigenvalue weighted by Crippen LogP contribution is 2.39. The molecule has 1 amide bonds. The minimum absolute atomic E-state index is 0.217. The predicted octanol–water partition coefficient (Wildman–Crippen LogP) is 2.25. The third-order valence-corrected chi connectivity index (χ3v) is 4.90. The Bertz CT molecular complexity index is 751. The van der Waals surface area contributed by atoms with E-state index in [0.717, 1.165) is 4.90 Å². The Morgan fingerprint density at radius 1 is 1.35 bits per heavy atom. The summed E-state index contributed by atoms with van der Waals surface area (Å²) in [4.78, 5) is 12.7. The average Bonchev–Trinajstić information content (AvgIpc) is 2.65. The summed E-state index contributed by atoms with van der Waals surface area (Å²) in [6.07, 6.45) is -4.96. The first-order chi connectivity index (χ1) is 10.4. The molecule has 11 heteroatoms. The lowest BCUT2D eigenvalue weighted by molar-refractivity contribution is -0.138. The van der Waals surface area contributed by atoms with Crippen molar-refractivity contribution < 1.29 is 30.8 Å². The average molecular weight is 419 g/mol. The highest BCUT2D eigenvalue weighted by molar-refractivity contribution is 9.10. The van der Waals surface area contributed by atoms with E-state index in [0.29, 0.717) is 12.1 Å². The van der Waals surface area contributed by atoms with Gasteiger partial charge in [-0.25, -0.2) is 17.9 Å². The summed E-state index contributed by atoms with van der Waals surface area (Å²) < 4.78 is 74.3. The molecule has 0 spiro atoms. The van der Waals surface area contributed by atoms with Gasteiger partial charge in [-0.05, 0) is 12.1 Å². The third kappa shape index (κ3) is 4.21. The van der Waals surface area contributed by atoms with Crippen LogP contribution in [0, 0.1) is 11.7 Å². The van der Waals surface area contributed by atoms with Gasteiger partial charge in [0, 0.05) is 23.4 Å². The van der Waals surface area contributed by atoms with E-state index in [4.69, 9.17) is 5.14 Å². The Balaban J connectivity index is 2.37. The Hall–Kier alpha value is -1.20. The van der Waals surface area contributed by atoms with E-state index in [2.05, 4.69) is 15.9 Å². The number of halogens is 5. The molecule has 5 nitrogen and oxygen atoms in total. The molecule has 2 N–H and O–H groups in total. The third-order valence-electron chi connectivity index (χ3n) is 3.31. The molecule has 0 saturated carbocycles. The number of sulfonamides is 1. The predicted molar refractivity (Wildman–Crippen MR) is 77.5 cm³/mol. The fraction of sp³-hybridized carbons (Fsp3) is 0.417. The molecule has 1 aromatic carbocycles. The number of benzene rings is 1. The van der Waals surface area contributed by atoms with Gasteiger partial charge >= 0.3 is 6.18 Å². The molecule has 0 aliphatic carbocycles. The summed E-state index contributed by atoms with van der Waals surface area (Å²) in [7, 11) is -3.84. The summed E-state index contributed by atoms with van der Waals surface area (Å²) in [6, 6.07) is 1.15.